The molecule has 0 aromatic carbocycles. The summed E-state index contributed by atoms with van der Waals surface area (Å²) < 4.78 is 39.0. The predicted molar refractivity (Wildman–Crippen MR) is 86.3 cm³/mol. The Morgan fingerprint density at radius 2 is 2.12 bits per heavy atom. The molecule has 2 atom stereocenters. The van der Waals surface area contributed by atoms with Gasteiger partial charge in [0.1, 0.15) is 5.01 Å². The number of likely N-dealkylation sites (tertiary alicyclic amines) is 1. The molecule has 0 radical (unpaired) electrons. The molecule has 1 aliphatic heterocycles. The van der Waals surface area contributed by atoms with Crippen molar-refractivity contribution in [3.8, 4) is 10.6 Å². The van der Waals surface area contributed by atoms with Crippen LogP contribution in [-0.2, 0) is 16.0 Å². The predicted octanol–water partition coefficient (Wildman–Crippen LogP) is 2.47. The van der Waals surface area contributed by atoms with Gasteiger partial charge in [0.25, 0.3) is 0 Å². The molecule has 3 rings (SSSR count). The fourth-order valence-corrected chi connectivity index (χ4v) is 3.68. The number of aromatic nitrogens is 2. The Morgan fingerprint density at radius 1 is 1.35 bits per heavy atom. The highest BCUT2D eigenvalue weighted by molar-refractivity contribution is 7.13. The Labute approximate surface area is 150 Å². The number of hydrogen-bond acceptors (Lipinski definition) is 5. The van der Waals surface area contributed by atoms with Crippen molar-refractivity contribution in [2.24, 2.45) is 11.8 Å². The number of pyridine rings is 1. The molecule has 0 unspecified atom stereocenters. The largest absolute Gasteiger partial charge is 0.481 e. The van der Waals surface area contributed by atoms with Crippen LogP contribution >= 0.6 is 11.3 Å². The number of carboxylic acid groups (broad SMARTS) is 1. The summed E-state index contributed by atoms with van der Waals surface area (Å²) in [5.74, 6) is -5.80. The summed E-state index contributed by atoms with van der Waals surface area (Å²) in [5.41, 5.74) is 1.21. The molecule has 26 heavy (non-hydrogen) atoms. The molecule has 138 valence electrons. The molecule has 1 fully saturated rings. The third-order valence-corrected chi connectivity index (χ3v) is 5.14. The van der Waals surface area contributed by atoms with Crippen molar-refractivity contribution in [2.75, 3.05) is 13.1 Å². The van der Waals surface area contributed by atoms with E-state index in [0.29, 0.717) is 10.7 Å². The van der Waals surface area contributed by atoms with E-state index in [0.717, 1.165) is 10.5 Å². The number of thiazole rings is 1. The zero-order chi connectivity index (χ0) is 18.9. The second kappa shape index (κ2) is 7.02. The average molecular weight is 385 g/mol. The van der Waals surface area contributed by atoms with Gasteiger partial charge in [-0.15, -0.1) is 11.3 Å². The second-order valence-corrected chi connectivity index (χ2v) is 6.81. The van der Waals surface area contributed by atoms with E-state index >= 15 is 0 Å². The fraction of sp³-hybridized carbons (Fsp3) is 0.375. The molecule has 6 nitrogen and oxygen atoms in total. The summed E-state index contributed by atoms with van der Waals surface area (Å²) in [7, 11) is 0. The number of hydrogen-bond donors (Lipinski definition) is 1. The number of carbonyl (C=O) groups is 2. The molecular weight excluding hydrogens is 371 g/mol. The molecule has 2 aromatic rings. The van der Waals surface area contributed by atoms with Crippen LogP contribution in [0, 0.1) is 11.8 Å². The van der Waals surface area contributed by atoms with Gasteiger partial charge < -0.3 is 10.0 Å². The van der Waals surface area contributed by atoms with Crippen molar-refractivity contribution < 1.29 is 27.9 Å². The topological polar surface area (TPSA) is 83.4 Å². The fourth-order valence-electron chi connectivity index (χ4n) is 2.87. The average Bonchev–Trinajstić information content (AvgIpc) is 3.22. The normalized spacial score (nSPS) is 20.3. The molecule has 2 aromatic heterocycles. The zero-order valence-electron chi connectivity index (χ0n) is 13.3. The minimum absolute atomic E-state index is 0.173. The Balaban J connectivity index is 1.69. The molecule has 0 aliphatic carbocycles. The Hall–Kier alpha value is -2.49. The van der Waals surface area contributed by atoms with Crippen LogP contribution < -0.4 is 0 Å². The lowest BCUT2D eigenvalue weighted by atomic mass is 9.96. The van der Waals surface area contributed by atoms with Gasteiger partial charge in [0.15, 0.2) is 0 Å². The minimum atomic E-state index is -4.66. The van der Waals surface area contributed by atoms with E-state index in [1.807, 2.05) is 6.07 Å². The van der Waals surface area contributed by atoms with Crippen LogP contribution in [0.1, 0.15) is 5.69 Å². The standard InChI is InChI=1S/C16H14F3N3O3S/c17-16(18,19)12-7-22(6-11(12)15(24)25)13(23)4-10-8-26-14(21-10)9-2-1-3-20-5-9/h1-3,5,8,11-12H,4,6-7H2,(H,24,25)/t11-,12-/m1/s1. The van der Waals surface area contributed by atoms with Crippen LogP contribution in [0.3, 0.4) is 0 Å². The van der Waals surface area contributed by atoms with E-state index < -0.39 is 43.0 Å². The molecule has 1 N–H and O–H groups in total. The highest BCUT2D eigenvalue weighted by Crippen LogP contribution is 2.38. The van der Waals surface area contributed by atoms with Crippen molar-refractivity contribution in [3.05, 3.63) is 35.6 Å². The highest BCUT2D eigenvalue weighted by atomic mass is 32.1. The third-order valence-electron chi connectivity index (χ3n) is 4.20. The molecule has 10 heteroatoms. The van der Waals surface area contributed by atoms with Gasteiger partial charge in [-0.25, -0.2) is 4.98 Å². The van der Waals surface area contributed by atoms with E-state index in [9.17, 15) is 22.8 Å². The zero-order valence-corrected chi connectivity index (χ0v) is 14.1. The summed E-state index contributed by atoms with van der Waals surface area (Å²) >= 11 is 1.30. The molecule has 3 heterocycles. The quantitative estimate of drug-likeness (QED) is 0.874. The monoisotopic (exact) mass is 385 g/mol. The summed E-state index contributed by atoms with van der Waals surface area (Å²) in [6.07, 6.45) is -1.60. The second-order valence-electron chi connectivity index (χ2n) is 5.95. The number of aliphatic carboxylic acids is 1. The van der Waals surface area contributed by atoms with Crippen molar-refractivity contribution in [3.63, 3.8) is 0 Å². The number of rotatable bonds is 4. The van der Waals surface area contributed by atoms with Crippen LogP contribution in [0.4, 0.5) is 13.2 Å². The summed E-state index contributed by atoms with van der Waals surface area (Å²) in [5, 5.41) is 11.3. The maximum Gasteiger partial charge on any atom is 0.394 e. The van der Waals surface area contributed by atoms with Gasteiger partial charge in [0.05, 0.1) is 24.0 Å². The van der Waals surface area contributed by atoms with E-state index in [1.165, 1.54) is 11.3 Å². The van der Waals surface area contributed by atoms with Gasteiger partial charge in [-0.05, 0) is 12.1 Å². The van der Waals surface area contributed by atoms with Crippen molar-refractivity contribution in [2.45, 2.75) is 12.6 Å². The van der Waals surface area contributed by atoms with E-state index in [1.54, 1.807) is 23.8 Å². The first-order valence-corrected chi connectivity index (χ1v) is 8.55. The molecular formula is C16H14F3N3O3S. The van der Waals surface area contributed by atoms with Gasteiger partial charge in [0, 0.05) is 36.4 Å². The number of halogens is 3. The maximum absolute atomic E-state index is 13.0. The van der Waals surface area contributed by atoms with Gasteiger partial charge in [-0.2, -0.15) is 13.2 Å². The number of amides is 1. The Bertz CT molecular complexity index is 810. The first-order chi connectivity index (χ1) is 12.3. The number of alkyl halides is 3. The maximum atomic E-state index is 13.0. The SMILES string of the molecule is O=C(O)[C@@H]1CN(C(=O)Cc2csc(-c3cccnc3)n2)C[C@H]1C(F)(F)F. The van der Waals surface area contributed by atoms with Crippen LogP contribution in [-0.4, -0.2) is 51.1 Å². The van der Waals surface area contributed by atoms with Crippen LogP contribution in [0.5, 0.6) is 0 Å². The van der Waals surface area contributed by atoms with Crippen molar-refractivity contribution in [1.82, 2.24) is 14.9 Å². The van der Waals surface area contributed by atoms with Crippen molar-refractivity contribution in [1.29, 1.82) is 0 Å². The van der Waals surface area contributed by atoms with Gasteiger partial charge in [0.2, 0.25) is 5.91 Å². The first kappa shape index (κ1) is 18.3. The molecule has 0 spiro atoms. The van der Waals surface area contributed by atoms with Crippen LogP contribution in [0.2, 0.25) is 0 Å². The minimum Gasteiger partial charge on any atom is -0.481 e. The smallest absolute Gasteiger partial charge is 0.394 e. The number of nitrogens with zero attached hydrogens (tertiary/aromatic N) is 3. The number of carbonyl (C=O) groups excluding carboxylic acids is 1. The van der Waals surface area contributed by atoms with E-state index in [-0.39, 0.29) is 6.42 Å². The van der Waals surface area contributed by atoms with Gasteiger partial charge >= 0.3 is 12.1 Å². The lowest BCUT2D eigenvalue weighted by Crippen LogP contribution is -2.34. The first-order valence-electron chi connectivity index (χ1n) is 7.68. The third kappa shape index (κ3) is 3.85. The number of carboxylic acids is 1. The van der Waals surface area contributed by atoms with Gasteiger partial charge in [-0.1, -0.05) is 0 Å². The summed E-state index contributed by atoms with van der Waals surface area (Å²) in [6, 6.07) is 3.55. The summed E-state index contributed by atoms with van der Waals surface area (Å²) in [4.78, 5) is 32.7. The van der Waals surface area contributed by atoms with E-state index in [2.05, 4.69) is 9.97 Å². The molecule has 0 saturated carbocycles. The summed E-state index contributed by atoms with van der Waals surface area (Å²) in [6.45, 7) is -1.09. The van der Waals surface area contributed by atoms with Crippen molar-refractivity contribution >= 4 is 23.2 Å². The Kier molecular flexibility index (Phi) is 4.94. The Morgan fingerprint density at radius 3 is 2.69 bits per heavy atom. The molecule has 1 saturated heterocycles. The van der Waals surface area contributed by atoms with Crippen LogP contribution in [0.15, 0.2) is 29.9 Å². The van der Waals surface area contributed by atoms with Gasteiger partial charge in [-0.3, -0.25) is 14.6 Å². The lowest BCUT2D eigenvalue weighted by Gasteiger charge is -2.18. The lowest BCUT2D eigenvalue weighted by molar-refractivity contribution is -0.188. The highest BCUT2D eigenvalue weighted by Gasteiger charge is 2.53. The van der Waals surface area contributed by atoms with Crippen LogP contribution in [0.25, 0.3) is 10.6 Å². The molecule has 0 bridgehead atoms. The molecule has 1 amide bonds. The molecule has 1 aliphatic rings. The van der Waals surface area contributed by atoms with E-state index in [4.69, 9.17) is 5.11 Å².